The van der Waals surface area contributed by atoms with Gasteiger partial charge in [0.2, 0.25) is 5.91 Å². The number of hydrogen-bond acceptors (Lipinski definition) is 5. The van der Waals surface area contributed by atoms with E-state index in [0.29, 0.717) is 31.5 Å². The number of aliphatic imine (C=N–C) groups is 1. The quantitative estimate of drug-likeness (QED) is 0.509. The van der Waals surface area contributed by atoms with Gasteiger partial charge in [-0.3, -0.25) is 4.79 Å². The fourth-order valence-electron chi connectivity index (χ4n) is 2.54. The number of hydrogen-bond donors (Lipinski definition) is 2. The molecule has 162 valence electrons. The summed E-state index contributed by atoms with van der Waals surface area (Å²) in [6, 6.07) is -0.162. The number of nitrogens with one attached hydrogen (secondary N) is 2. The zero-order valence-electron chi connectivity index (χ0n) is 18.5. The van der Waals surface area contributed by atoms with Crippen LogP contribution < -0.4 is 10.6 Å². The second-order valence-electron chi connectivity index (χ2n) is 8.64. The average molecular weight is 400 g/mol. The number of carbonyl (C=O) groups is 2. The lowest BCUT2D eigenvalue weighted by molar-refractivity contribution is -0.127. The molecule has 9 nitrogen and oxygen atoms in total. The Morgan fingerprint density at radius 1 is 1.25 bits per heavy atom. The van der Waals surface area contributed by atoms with Gasteiger partial charge >= 0.3 is 6.09 Å². The van der Waals surface area contributed by atoms with Gasteiger partial charge in [-0.15, -0.1) is 0 Å². The first kappa shape index (κ1) is 24.0. The lowest BCUT2D eigenvalue weighted by Gasteiger charge is -2.24. The van der Waals surface area contributed by atoms with Crippen LogP contribution in [0.1, 0.15) is 34.6 Å². The molecule has 1 rings (SSSR count). The summed E-state index contributed by atoms with van der Waals surface area (Å²) in [6.07, 6.45) is -0.571. The van der Waals surface area contributed by atoms with Gasteiger partial charge in [-0.2, -0.15) is 0 Å². The minimum atomic E-state index is -0.552. The van der Waals surface area contributed by atoms with Gasteiger partial charge in [-0.25, -0.2) is 9.79 Å². The Morgan fingerprint density at radius 3 is 2.39 bits per heavy atom. The minimum Gasteiger partial charge on any atom is -0.444 e. The van der Waals surface area contributed by atoms with Crippen molar-refractivity contribution < 1.29 is 19.1 Å². The second kappa shape index (κ2) is 10.5. The first-order valence-corrected chi connectivity index (χ1v) is 9.68. The van der Waals surface area contributed by atoms with Crippen molar-refractivity contribution in [3.05, 3.63) is 0 Å². The third kappa shape index (κ3) is 8.33. The molecule has 2 N–H and O–H groups in total. The molecule has 1 unspecified atom stereocenters. The summed E-state index contributed by atoms with van der Waals surface area (Å²) in [7, 11) is 5.01. The van der Waals surface area contributed by atoms with E-state index in [9.17, 15) is 9.59 Å². The summed E-state index contributed by atoms with van der Waals surface area (Å²) in [5, 5.41) is 6.55. The number of ether oxygens (including phenoxy) is 2. The molecule has 0 aliphatic carbocycles. The third-order valence-electron chi connectivity index (χ3n) is 4.09. The van der Waals surface area contributed by atoms with Crippen LogP contribution in [0.4, 0.5) is 4.79 Å². The molecule has 0 saturated carbocycles. The number of guanidine groups is 1. The Hall–Kier alpha value is -2.03. The Kier molecular flexibility index (Phi) is 9.00. The van der Waals surface area contributed by atoms with Gasteiger partial charge in [0.1, 0.15) is 12.1 Å². The molecule has 0 aromatic heterocycles. The van der Waals surface area contributed by atoms with E-state index in [1.807, 2.05) is 20.8 Å². The highest BCUT2D eigenvalue weighted by molar-refractivity contribution is 5.85. The van der Waals surface area contributed by atoms with Gasteiger partial charge in [0.05, 0.1) is 18.7 Å². The van der Waals surface area contributed by atoms with Crippen LogP contribution in [-0.2, 0) is 14.3 Å². The summed E-state index contributed by atoms with van der Waals surface area (Å²) in [6.45, 7) is 11.3. The van der Waals surface area contributed by atoms with E-state index in [-0.39, 0.29) is 30.7 Å². The predicted molar refractivity (Wildman–Crippen MR) is 109 cm³/mol. The molecule has 0 radical (unpaired) electrons. The Balaban J connectivity index is 2.82. The summed E-state index contributed by atoms with van der Waals surface area (Å²) in [4.78, 5) is 31.8. The molecule has 0 aromatic rings. The van der Waals surface area contributed by atoms with E-state index in [0.717, 1.165) is 0 Å². The van der Waals surface area contributed by atoms with Gasteiger partial charge in [0, 0.05) is 34.3 Å². The zero-order valence-corrected chi connectivity index (χ0v) is 18.5. The maximum Gasteiger partial charge on any atom is 0.410 e. The molecule has 1 saturated heterocycles. The number of carbonyl (C=O) groups excluding carboxylic acids is 2. The highest BCUT2D eigenvalue weighted by atomic mass is 16.6. The first-order valence-electron chi connectivity index (χ1n) is 9.68. The molecule has 9 heteroatoms. The molecule has 0 aromatic carbocycles. The lowest BCUT2D eigenvalue weighted by atomic mass is 10.2. The van der Waals surface area contributed by atoms with E-state index in [1.165, 1.54) is 4.90 Å². The van der Waals surface area contributed by atoms with Crippen molar-refractivity contribution in [3.8, 4) is 0 Å². The largest absolute Gasteiger partial charge is 0.444 e. The van der Waals surface area contributed by atoms with E-state index < -0.39 is 5.60 Å². The monoisotopic (exact) mass is 399 g/mol. The summed E-state index contributed by atoms with van der Waals surface area (Å²) < 4.78 is 11.0. The third-order valence-corrected chi connectivity index (χ3v) is 4.09. The molecular weight excluding hydrogens is 362 g/mol. The normalized spacial score (nSPS) is 20.3. The van der Waals surface area contributed by atoms with Gasteiger partial charge in [0.25, 0.3) is 0 Å². The molecule has 0 spiro atoms. The second-order valence-corrected chi connectivity index (χ2v) is 8.64. The number of amides is 2. The zero-order chi connectivity index (χ0) is 21.5. The van der Waals surface area contributed by atoms with Crippen molar-refractivity contribution in [3.63, 3.8) is 0 Å². The van der Waals surface area contributed by atoms with Crippen molar-refractivity contribution in [2.75, 3.05) is 47.4 Å². The van der Waals surface area contributed by atoms with Crippen molar-refractivity contribution in [1.82, 2.24) is 20.4 Å². The van der Waals surface area contributed by atoms with Crippen LogP contribution in [0.15, 0.2) is 4.99 Å². The number of rotatable bonds is 6. The predicted octanol–water partition coefficient (Wildman–Crippen LogP) is 0.900. The highest BCUT2D eigenvalue weighted by Crippen LogP contribution is 2.17. The standard InChI is InChI=1S/C19H37N5O4/c1-13(2)9-20-17(21-10-16(25)23(6)7)22-14-11-24(12-15(14)27-8)18(26)28-19(3,4)5/h13-15H,9-12H2,1-8H3,(H2,20,21,22)/t14?,15-/m0/s1. The van der Waals surface area contributed by atoms with Crippen LogP contribution in [0, 0.1) is 5.92 Å². The summed E-state index contributed by atoms with van der Waals surface area (Å²) >= 11 is 0. The van der Waals surface area contributed by atoms with Gasteiger partial charge < -0.3 is 29.9 Å². The highest BCUT2D eigenvalue weighted by Gasteiger charge is 2.37. The van der Waals surface area contributed by atoms with Crippen molar-refractivity contribution >= 4 is 18.0 Å². The smallest absolute Gasteiger partial charge is 0.410 e. The molecule has 1 aliphatic rings. The number of likely N-dealkylation sites (tertiary alicyclic amines) is 1. The SMILES string of the molecule is CO[C@H]1CN(C(=O)OC(C)(C)C)CC1NC(=NCC(=O)N(C)C)NCC(C)C. The minimum absolute atomic E-state index is 0.0422. The molecule has 2 atom stereocenters. The molecular formula is C19H37N5O4. The Morgan fingerprint density at radius 2 is 1.89 bits per heavy atom. The van der Waals surface area contributed by atoms with Crippen molar-refractivity contribution in [2.45, 2.75) is 52.4 Å². The number of likely N-dealkylation sites (N-methyl/N-ethyl adjacent to an activating group) is 1. The van der Waals surface area contributed by atoms with Crippen LogP contribution in [0.25, 0.3) is 0 Å². The molecule has 1 fully saturated rings. The Labute approximate surface area is 168 Å². The first-order chi connectivity index (χ1) is 12.9. The van der Waals surface area contributed by atoms with E-state index in [4.69, 9.17) is 9.47 Å². The number of nitrogens with zero attached hydrogens (tertiary/aromatic N) is 3. The van der Waals surface area contributed by atoms with E-state index >= 15 is 0 Å². The molecule has 1 aliphatic heterocycles. The van der Waals surface area contributed by atoms with Crippen LogP contribution in [0.5, 0.6) is 0 Å². The molecule has 28 heavy (non-hydrogen) atoms. The van der Waals surface area contributed by atoms with Gasteiger partial charge in [0.15, 0.2) is 5.96 Å². The van der Waals surface area contributed by atoms with Crippen LogP contribution in [0.3, 0.4) is 0 Å². The lowest BCUT2D eigenvalue weighted by Crippen LogP contribution is -2.50. The van der Waals surface area contributed by atoms with Crippen LogP contribution in [-0.4, -0.2) is 92.9 Å². The molecule has 0 bridgehead atoms. The van der Waals surface area contributed by atoms with E-state index in [2.05, 4.69) is 29.5 Å². The maximum atomic E-state index is 12.4. The van der Waals surface area contributed by atoms with Crippen molar-refractivity contribution in [1.29, 1.82) is 0 Å². The fraction of sp³-hybridized carbons (Fsp3) is 0.842. The van der Waals surface area contributed by atoms with Gasteiger partial charge in [-0.1, -0.05) is 13.8 Å². The van der Waals surface area contributed by atoms with Crippen molar-refractivity contribution in [2.24, 2.45) is 10.9 Å². The average Bonchev–Trinajstić information content (AvgIpc) is 2.98. The number of methoxy groups -OCH3 is 1. The van der Waals surface area contributed by atoms with Crippen LogP contribution >= 0.6 is 0 Å². The van der Waals surface area contributed by atoms with Gasteiger partial charge in [-0.05, 0) is 26.7 Å². The molecule has 2 amide bonds. The Bertz CT molecular complexity index is 557. The summed E-state index contributed by atoms with van der Waals surface area (Å²) in [5.74, 6) is 0.856. The maximum absolute atomic E-state index is 12.4. The summed E-state index contributed by atoms with van der Waals surface area (Å²) in [5.41, 5.74) is -0.552. The molecule has 1 heterocycles. The van der Waals surface area contributed by atoms with Crippen LogP contribution in [0.2, 0.25) is 0 Å². The topological polar surface area (TPSA) is 95.5 Å². The van der Waals surface area contributed by atoms with E-state index in [1.54, 1.807) is 26.1 Å². The fourth-order valence-corrected chi connectivity index (χ4v) is 2.54.